The number of nitrogens with zero attached hydrogens (tertiary/aromatic N) is 1. The highest BCUT2D eigenvalue weighted by Crippen LogP contribution is 2.58. The Morgan fingerprint density at radius 1 is 0.717 bits per heavy atom. The van der Waals surface area contributed by atoms with E-state index in [-0.39, 0.29) is 11.3 Å². The zero-order valence-corrected chi connectivity index (χ0v) is 26.9. The predicted molar refractivity (Wildman–Crippen MR) is 189 cm³/mol. The van der Waals surface area contributed by atoms with Gasteiger partial charge in [0.1, 0.15) is 40.3 Å². The van der Waals surface area contributed by atoms with Gasteiger partial charge in [-0.25, -0.2) is 4.79 Å². The fourth-order valence-electron chi connectivity index (χ4n) is 6.49. The lowest BCUT2D eigenvalue weighted by Gasteiger charge is -2.48. The van der Waals surface area contributed by atoms with Gasteiger partial charge >= 0.3 is 5.97 Å². The van der Waals surface area contributed by atoms with E-state index in [0.717, 1.165) is 16.7 Å². The Morgan fingerprint density at radius 2 is 1.13 bits per heavy atom. The van der Waals surface area contributed by atoms with Crippen LogP contribution in [0.15, 0.2) is 163 Å². The second kappa shape index (κ2) is 13.1. The number of fused-ring (bicyclic) bond motifs is 1. The maximum Gasteiger partial charge on any atom is 0.356 e. The fraction of sp³-hybridized carbons (Fsp3) is 0.128. The Bertz CT molecular complexity index is 1720. The summed E-state index contributed by atoms with van der Waals surface area (Å²) in [6, 6.07) is 50.5. The molecule has 0 saturated carbocycles. The zero-order valence-electron chi connectivity index (χ0n) is 25.2. The summed E-state index contributed by atoms with van der Waals surface area (Å²) in [4.78, 5) is 29.6. The molecule has 0 bridgehead atoms. The first-order valence-electron chi connectivity index (χ1n) is 15.4. The van der Waals surface area contributed by atoms with Crippen LogP contribution >= 0.6 is 19.0 Å². The summed E-state index contributed by atoms with van der Waals surface area (Å²) in [5.74, 6) is -0.187. The van der Waals surface area contributed by atoms with Crippen LogP contribution in [0.5, 0.6) is 0 Å². The quantitative estimate of drug-likeness (QED) is 0.125. The normalized spacial score (nSPS) is 17.8. The van der Waals surface area contributed by atoms with Crippen molar-refractivity contribution in [2.45, 2.75) is 17.5 Å². The number of carbonyl (C=O) groups excluding carboxylic acids is 2. The van der Waals surface area contributed by atoms with Crippen molar-refractivity contribution in [1.82, 2.24) is 4.90 Å². The summed E-state index contributed by atoms with van der Waals surface area (Å²) >= 11 is 1.62. The largest absolute Gasteiger partial charge is 0.448 e. The number of ether oxygens (including phenoxy) is 1. The molecule has 2 atom stereocenters. The Labute approximate surface area is 274 Å². The highest BCUT2D eigenvalue weighted by atomic mass is 32.2. The SMILES string of the molecule is NC1C(=O)N2C(C(=O)OC(c3ccccc3)c3ccccc3)=C(C[P+](c3ccccc3)(c3ccccc3)c3ccccc3)CS[C@H]12. The van der Waals surface area contributed by atoms with E-state index in [1.165, 1.54) is 15.9 Å². The third-order valence-corrected chi connectivity index (χ3v) is 14.5. The van der Waals surface area contributed by atoms with Crippen LogP contribution in [0, 0.1) is 0 Å². The van der Waals surface area contributed by atoms with E-state index in [1.54, 1.807) is 16.7 Å². The smallest absolute Gasteiger partial charge is 0.356 e. The van der Waals surface area contributed by atoms with Crippen molar-refractivity contribution >= 4 is 46.8 Å². The van der Waals surface area contributed by atoms with Gasteiger partial charge in [0.05, 0.1) is 6.16 Å². The number of carbonyl (C=O) groups is 2. The summed E-state index contributed by atoms with van der Waals surface area (Å²) in [6.45, 7) is 0. The monoisotopic (exact) mass is 641 g/mol. The molecule has 2 N–H and O–H groups in total. The van der Waals surface area contributed by atoms with Crippen molar-refractivity contribution in [2.24, 2.45) is 5.73 Å². The van der Waals surface area contributed by atoms with Crippen molar-refractivity contribution in [2.75, 3.05) is 11.9 Å². The molecule has 5 aromatic rings. The van der Waals surface area contributed by atoms with E-state index < -0.39 is 25.4 Å². The van der Waals surface area contributed by atoms with E-state index >= 15 is 0 Å². The lowest BCUT2D eigenvalue weighted by molar-refractivity contribution is -0.153. The van der Waals surface area contributed by atoms with Gasteiger partial charge in [-0.15, -0.1) is 11.8 Å². The molecule has 0 aliphatic carbocycles. The van der Waals surface area contributed by atoms with Crippen molar-refractivity contribution in [3.05, 3.63) is 174 Å². The minimum absolute atomic E-state index is 0.249. The van der Waals surface area contributed by atoms with Crippen LogP contribution in [0.4, 0.5) is 0 Å². The molecular formula is C39H34N2O3PS+. The van der Waals surface area contributed by atoms with Gasteiger partial charge in [-0.2, -0.15) is 0 Å². The minimum Gasteiger partial charge on any atom is -0.448 e. The molecule has 2 aliphatic heterocycles. The Kier molecular flexibility index (Phi) is 8.59. The molecule has 0 aromatic heterocycles. The second-order valence-electron chi connectivity index (χ2n) is 11.5. The molecule has 2 heterocycles. The van der Waals surface area contributed by atoms with Crippen LogP contribution in [0.25, 0.3) is 0 Å². The number of esters is 1. The van der Waals surface area contributed by atoms with Crippen LogP contribution < -0.4 is 21.6 Å². The molecule has 0 radical (unpaired) electrons. The van der Waals surface area contributed by atoms with Crippen LogP contribution in [-0.2, 0) is 14.3 Å². The molecule has 1 unspecified atom stereocenters. The molecule has 46 heavy (non-hydrogen) atoms. The van der Waals surface area contributed by atoms with Crippen LogP contribution in [0.3, 0.4) is 0 Å². The Hall–Kier alpha value is -4.48. The average Bonchev–Trinajstić information content (AvgIpc) is 3.14. The molecule has 7 rings (SSSR count). The Morgan fingerprint density at radius 3 is 1.57 bits per heavy atom. The van der Waals surface area contributed by atoms with E-state index in [0.29, 0.717) is 17.6 Å². The van der Waals surface area contributed by atoms with Crippen molar-refractivity contribution in [1.29, 1.82) is 0 Å². The van der Waals surface area contributed by atoms with Crippen LogP contribution in [0.1, 0.15) is 17.2 Å². The summed E-state index contributed by atoms with van der Waals surface area (Å²) in [5, 5.41) is 3.32. The molecule has 5 nitrogen and oxygen atoms in total. The zero-order chi connectivity index (χ0) is 31.5. The summed E-state index contributed by atoms with van der Waals surface area (Å²) < 4.78 is 6.43. The minimum atomic E-state index is -2.35. The highest BCUT2D eigenvalue weighted by molar-refractivity contribution is 8.00. The molecule has 1 amide bonds. The van der Waals surface area contributed by atoms with Gasteiger partial charge in [0.15, 0.2) is 6.10 Å². The lowest BCUT2D eigenvalue weighted by atomic mass is 10.0. The van der Waals surface area contributed by atoms with Gasteiger partial charge in [0, 0.05) is 11.3 Å². The molecular weight excluding hydrogens is 607 g/mol. The van der Waals surface area contributed by atoms with Gasteiger partial charge in [-0.1, -0.05) is 115 Å². The number of nitrogens with two attached hydrogens (primary N) is 1. The van der Waals surface area contributed by atoms with Gasteiger partial charge in [-0.3, -0.25) is 9.69 Å². The second-order valence-corrected chi connectivity index (χ2v) is 16.1. The van der Waals surface area contributed by atoms with Gasteiger partial charge < -0.3 is 10.5 Å². The van der Waals surface area contributed by atoms with Gasteiger partial charge in [0.25, 0.3) is 0 Å². The number of benzene rings is 5. The number of β-lactam (4-membered cyclic amide) rings is 1. The summed E-state index contributed by atoms with van der Waals surface area (Å²) in [5.41, 5.74) is 9.24. The standard InChI is InChI=1S/C39H34N2O3PS/c40-34-37(42)41-35(39(43)44-36(28-16-6-1-7-17-28)29-18-8-2-9-19-29)30(27-46-38(34)41)26-45(31-20-10-3-11-21-31,32-22-12-4-13-23-32)33-24-14-5-15-25-33/h1-25,34,36,38H,26-27,40H2/q+1/t34?,38-/m1/s1. The van der Waals surface area contributed by atoms with Gasteiger partial charge in [0.2, 0.25) is 5.91 Å². The Balaban J connectivity index is 1.39. The first-order chi connectivity index (χ1) is 22.6. The number of hydrogen-bond acceptors (Lipinski definition) is 5. The molecule has 2 aliphatic rings. The van der Waals surface area contributed by atoms with E-state index in [2.05, 4.69) is 72.8 Å². The molecule has 0 spiro atoms. The maximum absolute atomic E-state index is 14.6. The molecule has 1 fully saturated rings. The summed E-state index contributed by atoms with van der Waals surface area (Å²) in [7, 11) is -2.35. The first-order valence-corrected chi connectivity index (χ1v) is 18.4. The first kappa shape index (κ1) is 30.2. The van der Waals surface area contributed by atoms with Crippen molar-refractivity contribution in [3.63, 3.8) is 0 Å². The average molecular weight is 642 g/mol. The van der Waals surface area contributed by atoms with E-state index in [4.69, 9.17) is 10.5 Å². The molecule has 228 valence electrons. The number of rotatable bonds is 9. The molecule has 1 saturated heterocycles. The number of thioether (sulfide) groups is 1. The van der Waals surface area contributed by atoms with E-state index in [9.17, 15) is 9.59 Å². The number of amides is 1. The van der Waals surface area contributed by atoms with Crippen LogP contribution in [0.2, 0.25) is 0 Å². The third kappa shape index (κ3) is 5.47. The predicted octanol–water partition coefficient (Wildman–Crippen LogP) is 5.81. The highest BCUT2D eigenvalue weighted by Gasteiger charge is 2.55. The van der Waals surface area contributed by atoms with E-state index in [1.807, 2.05) is 78.9 Å². The van der Waals surface area contributed by atoms with Crippen LogP contribution in [-0.4, -0.2) is 40.1 Å². The van der Waals surface area contributed by atoms with Crippen molar-refractivity contribution in [3.8, 4) is 0 Å². The fourth-order valence-corrected chi connectivity index (χ4v) is 12.3. The van der Waals surface area contributed by atoms with Gasteiger partial charge in [-0.05, 0) is 47.5 Å². The maximum atomic E-state index is 14.6. The lowest BCUT2D eigenvalue weighted by Crippen LogP contribution is -2.68. The molecule has 7 heteroatoms. The van der Waals surface area contributed by atoms with Crippen molar-refractivity contribution < 1.29 is 14.3 Å². The topological polar surface area (TPSA) is 72.6 Å². The number of hydrogen-bond donors (Lipinski definition) is 1. The summed E-state index contributed by atoms with van der Waals surface area (Å²) in [6.07, 6.45) is -0.0612. The molecule has 5 aromatic carbocycles. The third-order valence-electron chi connectivity index (χ3n) is 8.73.